The van der Waals surface area contributed by atoms with E-state index in [2.05, 4.69) is 25.2 Å². The summed E-state index contributed by atoms with van der Waals surface area (Å²) in [7, 11) is 0. The van der Waals surface area contributed by atoms with Crippen LogP contribution in [0.4, 0.5) is 11.9 Å². The summed E-state index contributed by atoms with van der Waals surface area (Å²) in [6.45, 7) is 2.27. The average Bonchev–Trinajstić information content (AvgIpc) is 2.37. The molecule has 0 radical (unpaired) electrons. The maximum absolute atomic E-state index is 8.74. The molecular formula is C9H14ClN5OS. The number of halogens is 1. The lowest BCUT2D eigenvalue weighted by Gasteiger charge is -2.26. The van der Waals surface area contributed by atoms with E-state index < -0.39 is 0 Å². The summed E-state index contributed by atoms with van der Waals surface area (Å²) in [5, 5.41) is 11.8. The number of thioether (sulfide) groups is 1. The fourth-order valence-corrected chi connectivity index (χ4v) is 2.55. The van der Waals surface area contributed by atoms with Crippen LogP contribution in [0, 0.1) is 0 Å². The highest BCUT2D eigenvalue weighted by molar-refractivity contribution is 7.99. The molecule has 0 spiro atoms. The second-order valence-corrected chi connectivity index (χ2v) is 5.04. The minimum absolute atomic E-state index is 0.0268. The molecule has 94 valence electrons. The Morgan fingerprint density at radius 1 is 1.29 bits per heavy atom. The molecule has 1 aromatic heterocycles. The molecule has 2 N–H and O–H groups in total. The third kappa shape index (κ3) is 3.58. The zero-order valence-electron chi connectivity index (χ0n) is 9.26. The number of aliphatic hydroxyl groups excluding tert-OH is 1. The molecule has 2 rings (SSSR count). The van der Waals surface area contributed by atoms with Crippen LogP contribution < -0.4 is 10.2 Å². The van der Waals surface area contributed by atoms with Crippen LogP contribution in [0.5, 0.6) is 0 Å². The van der Waals surface area contributed by atoms with E-state index in [1.165, 1.54) is 0 Å². The summed E-state index contributed by atoms with van der Waals surface area (Å²) in [5.41, 5.74) is 0. The summed E-state index contributed by atoms with van der Waals surface area (Å²) in [5.74, 6) is 3.16. The Morgan fingerprint density at radius 2 is 2.06 bits per heavy atom. The van der Waals surface area contributed by atoms with Gasteiger partial charge in [0.15, 0.2) is 0 Å². The Morgan fingerprint density at radius 3 is 2.76 bits per heavy atom. The predicted molar refractivity (Wildman–Crippen MR) is 70.0 cm³/mol. The minimum Gasteiger partial charge on any atom is -0.395 e. The van der Waals surface area contributed by atoms with E-state index in [0.717, 1.165) is 24.6 Å². The van der Waals surface area contributed by atoms with Crippen molar-refractivity contribution in [1.82, 2.24) is 15.0 Å². The third-order valence-electron chi connectivity index (χ3n) is 2.29. The molecule has 6 nitrogen and oxygen atoms in total. The molecule has 0 aromatic carbocycles. The predicted octanol–water partition coefficient (Wildman–Crippen LogP) is 0.482. The molecule has 0 bridgehead atoms. The number of aliphatic hydroxyl groups is 1. The number of anilines is 2. The minimum atomic E-state index is 0.0268. The van der Waals surface area contributed by atoms with Crippen molar-refractivity contribution in [2.45, 2.75) is 0 Å². The van der Waals surface area contributed by atoms with Gasteiger partial charge in [-0.2, -0.15) is 26.7 Å². The van der Waals surface area contributed by atoms with Gasteiger partial charge in [0.1, 0.15) is 0 Å². The van der Waals surface area contributed by atoms with Crippen molar-refractivity contribution >= 4 is 35.3 Å². The Kier molecular flexibility index (Phi) is 4.64. The Bertz CT molecular complexity index is 374. The number of rotatable bonds is 4. The number of nitrogens with one attached hydrogen (secondary N) is 1. The summed E-state index contributed by atoms with van der Waals surface area (Å²) in [4.78, 5) is 14.5. The number of hydrogen-bond acceptors (Lipinski definition) is 7. The van der Waals surface area contributed by atoms with E-state index >= 15 is 0 Å². The van der Waals surface area contributed by atoms with E-state index in [9.17, 15) is 0 Å². The molecule has 0 atom stereocenters. The summed E-state index contributed by atoms with van der Waals surface area (Å²) < 4.78 is 0. The van der Waals surface area contributed by atoms with Crippen LogP contribution in [-0.4, -0.2) is 57.8 Å². The molecule has 17 heavy (non-hydrogen) atoms. The smallest absolute Gasteiger partial charge is 0.231 e. The van der Waals surface area contributed by atoms with Gasteiger partial charge in [0, 0.05) is 31.1 Å². The van der Waals surface area contributed by atoms with E-state index in [-0.39, 0.29) is 11.9 Å². The second-order valence-electron chi connectivity index (χ2n) is 3.48. The van der Waals surface area contributed by atoms with Crippen molar-refractivity contribution in [3.63, 3.8) is 0 Å². The third-order valence-corrected chi connectivity index (χ3v) is 3.40. The van der Waals surface area contributed by atoms with Gasteiger partial charge in [-0.25, -0.2) is 0 Å². The molecule has 1 aliphatic heterocycles. The van der Waals surface area contributed by atoms with Gasteiger partial charge in [0.05, 0.1) is 6.61 Å². The molecule has 1 saturated heterocycles. The molecule has 0 amide bonds. The number of aromatic nitrogens is 3. The van der Waals surface area contributed by atoms with Crippen LogP contribution >= 0.6 is 23.4 Å². The first-order valence-electron chi connectivity index (χ1n) is 5.38. The van der Waals surface area contributed by atoms with Gasteiger partial charge in [-0.1, -0.05) is 0 Å². The van der Waals surface area contributed by atoms with Crippen molar-refractivity contribution in [1.29, 1.82) is 0 Å². The van der Waals surface area contributed by atoms with Gasteiger partial charge in [0.2, 0.25) is 17.2 Å². The SMILES string of the molecule is OCCNc1nc(Cl)nc(N2CCSCC2)n1. The van der Waals surface area contributed by atoms with Gasteiger partial charge in [-0.05, 0) is 11.6 Å². The van der Waals surface area contributed by atoms with Crippen LogP contribution in [0.2, 0.25) is 5.28 Å². The first-order valence-corrected chi connectivity index (χ1v) is 6.92. The van der Waals surface area contributed by atoms with Gasteiger partial charge in [-0.15, -0.1) is 0 Å². The molecule has 1 fully saturated rings. The normalized spacial score (nSPS) is 16.0. The van der Waals surface area contributed by atoms with Crippen LogP contribution in [0.3, 0.4) is 0 Å². The highest BCUT2D eigenvalue weighted by Gasteiger charge is 2.15. The van der Waals surface area contributed by atoms with Crippen molar-refractivity contribution in [2.75, 3.05) is 48.0 Å². The maximum atomic E-state index is 8.74. The van der Waals surface area contributed by atoms with Crippen molar-refractivity contribution in [3.8, 4) is 0 Å². The van der Waals surface area contributed by atoms with Crippen molar-refractivity contribution in [3.05, 3.63) is 5.28 Å². The second kappa shape index (κ2) is 6.23. The molecule has 2 heterocycles. The largest absolute Gasteiger partial charge is 0.395 e. The van der Waals surface area contributed by atoms with Gasteiger partial charge in [-0.3, -0.25) is 0 Å². The molecule has 0 unspecified atom stereocenters. The highest BCUT2D eigenvalue weighted by Crippen LogP contribution is 2.17. The van der Waals surface area contributed by atoms with Gasteiger partial charge < -0.3 is 15.3 Å². The lowest BCUT2D eigenvalue weighted by atomic mass is 10.5. The molecule has 0 aliphatic carbocycles. The topological polar surface area (TPSA) is 74.2 Å². The van der Waals surface area contributed by atoms with Crippen molar-refractivity contribution in [2.24, 2.45) is 0 Å². The van der Waals surface area contributed by atoms with E-state index in [4.69, 9.17) is 16.7 Å². The summed E-state index contributed by atoms with van der Waals surface area (Å²) >= 11 is 7.77. The van der Waals surface area contributed by atoms with E-state index in [1.807, 2.05) is 11.8 Å². The van der Waals surface area contributed by atoms with Gasteiger partial charge >= 0.3 is 0 Å². The quantitative estimate of drug-likeness (QED) is 0.828. The lowest BCUT2D eigenvalue weighted by Crippen LogP contribution is -2.34. The Hall–Kier alpha value is -0.790. The van der Waals surface area contributed by atoms with E-state index in [0.29, 0.717) is 18.4 Å². The molecular weight excluding hydrogens is 262 g/mol. The standard InChI is InChI=1S/C9H14ClN5OS/c10-7-12-8(11-1-4-16)14-9(13-7)15-2-5-17-6-3-15/h16H,1-6H2,(H,11,12,13,14). The summed E-state index contributed by atoms with van der Waals surface area (Å²) in [6, 6.07) is 0. The van der Waals surface area contributed by atoms with Crippen LogP contribution in [0.15, 0.2) is 0 Å². The first kappa shape index (κ1) is 12.7. The monoisotopic (exact) mass is 275 g/mol. The summed E-state index contributed by atoms with van der Waals surface area (Å²) in [6.07, 6.45) is 0. The fourth-order valence-electron chi connectivity index (χ4n) is 1.49. The molecule has 1 aromatic rings. The zero-order chi connectivity index (χ0) is 12.1. The van der Waals surface area contributed by atoms with Crippen molar-refractivity contribution < 1.29 is 5.11 Å². The average molecular weight is 276 g/mol. The molecule has 8 heteroatoms. The van der Waals surface area contributed by atoms with Crippen LogP contribution in [-0.2, 0) is 0 Å². The lowest BCUT2D eigenvalue weighted by molar-refractivity contribution is 0.311. The van der Waals surface area contributed by atoms with Gasteiger partial charge in [0.25, 0.3) is 0 Å². The Balaban J connectivity index is 2.12. The number of nitrogens with zero attached hydrogens (tertiary/aromatic N) is 4. The maximum Gasteiger partial charge on any atom is 0.231 e. The van der Waals surface area contributed by atoms with E-state index in [1.54, 1.807) is 0 Å². The van der Waals surface area contributed by atoms with Crippen LogP contribution in [0.25, 0.3) is 0 Å². The fraction of sp³-hybridized carbons (Fsp3) is 0.667. The number of hydrogen-bond donors (Lipinski definition) is 2. The Labute approximate surface area is 109 Å². The van der Waals surface area contributed by atoms with Crippen LogP contribution in [0.1, 0.15) is 0 Å². The molecule has 0 saturated carbocycles. The first-order chi connectivity index (χ1) is 8.29. The zero-order valence-corrected chi connectivity index (χ0v) is 10.8. The highest BCUT2D eigenvalue weighted by atomic mass is 35.5. The molecule has 1 aliphatic rings.